The van der Waals surface area contributed by atoms with Gasteiger partial charge in [-0.1, -0.05) is 84.9 Å². The van der Waals surface area contributed by atoms with Crippen molar-refractivity contribution >= 4 is 33.2 Å². The highest BCUT2D eigenvalue weighted by atomic mass is 15.1. The summed E-state index contributed by atoms with van der Waals surface area (Å²) in [6, 6.07) is 44.7. The highest BCUT2D eigenvalue weighted by Gasteiger charge is 2.41. The fraction of sp³-hybridized carbons (Fsp3) is 0.286. The summed E-state index contributed by atoms with van der Waals surface area (Å²) in [6.07, 6.45) is 13.4. The molecule has 0 fully saturated rings. The molecule has 0 atom stereocenters. The fourth-order valence-electron chi connectivity index (χ4n) is 7.52. The third-order valence-corrected chi connectivity index (χ3v) is 9.81. The van der Waals surface area contributed by atoms with E-state index >= 15 is 0 Å². The van der Waals surface area contributed by atoms with Crippen molar-refractivity contribution in [2.45, 2.75) is 63.5 Å². The smallest absolute Gasteiger partial charge is 0.215 e. The number of benzene rings is 4. The van der Waals surface area contributed by atoms with Crippen LogP contribution in [0.5, 0.6) is 0 Å². The second-order valence-corrected chi connectivity index (χ2v) is 13.0. The Balaban J connectivity index is 1.32. The molecule has 8 rings (SSSR count). The lowest BCUT2D eigenvalue weighted by Crippen LogP contribution is -2.59. The number of hydrogen-bond acceptors (Lipinski definition) is 2. The summed E-state index contributed by atoms with van der Waals surface area (Å²) < 4.78 is 5.09. The van der Waals surface area contributed by atoms with E-state index in [4.69, 9.17) is 0 Å². The van der Waals surface area contributed by atoms with Crippen LogP contribution < -0.4 is 19.8 Å². The van der Waals surface area contributed by atoms with Gasteiger partial charge in [0, 0.05) is 63.0 Å². The van der Waals surface area contributed by atoms with E-state index in [0.29, 0.717) is 0 Å². The Hall–Kier alpha value is -4.70. The maximum atomic E-state index is 3.81. The second kappa shape index (κ2) is 14.2. The lowest BCUT2D eigenvalue weighted by Gasteiger charge is -2.31. The molecule has 2 aliphatic rings. The maximum Gasteiger partial charge on any atom is 0.215 e. The standard InChI is InChI=1S/C42H44N4/c1-4-16-34(17-5-1)32-42(33-35-18-6-2-7-19-35)26-12-15-29-45-30-24-38(36-20-8-10-22-40(36)45)43-27-13-3-14-28-44-39-25-31-46(42)41-23-11-9-21-37(39)41/h1-2,4-11,16-25,30-31H,3,12-15,26-29,32-33H2/p+2. The Morgan fingerprint density at radius 1 is 0.500 bits per heavy atom. The van der Waals surface area contributed by atoms with E-state index in [9.17, 15) is 0 Å². The van der Waals surface area contributed by atoms with Crippen LogP contribution in [0.25, 0.3) is 21.8 Å². The SMILES string of the molecule is c1ccc(CC2(Cc3ccccc3)CCCC[n+]3ccc(c4ccccc43)NCCCCCNc3cc[n+]2c2ccccc32)cc1. The number of hydrogen-bond donors (Lipinski definition) is 2. The first-order valence-corrected chi connectivity index (χ1v) is 17.2. The minimum atomic E-state index is -0.137. The normalized spacial score (nSPS) is 15.7. The minimum absolute atomic E-state index is 0.137. The van der Waals surface area contributed by atoms with Crippen molar-refractivity contribution in [3.63, 3.8) is 0 Å². The van der Waals surface area contributed by atoms with Gasteiger partial charge < -0.3 is 10.6 Å². The molecular formula is C42H46N4+2. The lowest BCUT2D eigenvalue weighted by atomic mass is 9.79. The van der Waals surface area contributed by atoms with Crippen LogP contribution in [-0.4, -0.2) is 13.1 Å². The quantitative estimate of drug-likeness (QED) is 0.197. The zero-order valence-corrected chi connectivity index (χ0v) is 26.9. The lowest BCUT2D eigenvalue weighted by molar-refractivity contribution is -0.743. The van der Waals surface area contributed by atoms with Crippen molar-refractivity contribution in [2.24, 2.45) is 0 Å². The number of anilines is 2. The van der Waals surface area contributed by atoms with Crippen LogP contribution in [0.4, 0.5) is 11.4 Å². The van der Waals surface area contributed by atoms with Crippen LogP contribution in [0.15, 0.2) is 134 Å². The fourth-order valence-corrected chi connectivity index (χ4v) is 7.52. The molecule has 0 amide bonds. The first-order valence-electron chi connectivity index (χ1n) is 17.2. The maximum absolute atomic E-state index is 3.81. The Labute approximate surface area is 273 Å². The molecular weight excluding hydrogens is 560 g/mol. The Morgan fingerprint density at radius 2 is 1.04 bits per heavy atom. The van der Waals surface area contributed by atoms with Crippen LogP contribution in [0.3, 0.4) is 0 Å². The summed E-state index contributed by atoms with van der Waals surface area (Å²) in [5.41, 5.74) is 7.71. The summed E-state index contributed by atoms with van der Waals surface area (Å²) in [7, 11) is 0. The van der Waals surface area contributed by atoms with E-state index in [1.165, 1.54) is 50.7 Å². The van der Waals surface area contributed by atoms with Gasteiger partial charge in [-0.15, -0.1) is 0 Å². The van der Waals surface area contributed by atoms with Gasteiger partial charge in [0.05, 0.1) is 22.1 Å². The molecule has 4 heterocycles. The molecule has 4 aromatic carbocycles. The van der Waals surface area contributed by atoms with Crippen LogP contribution in [0.1, 0.15) is 49.7 Å². The molecule has 4 nitrogen and oxygen atoms in total. The Kier molecular flexibility index (Phi) is 9.23. The summed E-state index contributed by atoms with van der Waals surface area (Å²) in [4.78, 5) is 0. The van der Waals surface area contributed by atoms with E-state index in [-0.39, 0.29) is 5.54 Å². The number of pyridine rings is 2. The molecule has 0 unspecified atom stereocenters. The second-order valence-electron chi connectivity index (χ2n) is 13.0. The molecule has 232 valence electrons. The summed E-state index contributed by atoms with van der Waals surface area (Å²) in [5, 5.41) is 10.2. The van der Waals surface area contributed by atoms with E-state index in [2.05, 4.69) is 153 Å². The van der Waals surface area contributed by atoms with E-state index < -0.39 is 0 Å². The van der Waals surface area contributed by atoms with Crippen LogP contribution in [-0.2, 0) is 24.9 Å². The van der Waals surface area contributed by atoms with Crippen LogP contribution in [0.2, 0.25) is 0 Å². The third kappa shape index (κ3) is 6.62. The third-order valence-electron chi connectivity index (χ3n) is 9.81. The largest absolute Gasteiger partial charge is 0.384 e. The number of nitrogens with one attached hydrogen (secondary N) is 2. The zero-order chi connectivity index (χ0) is 31.0. The van der Waals surface area contributed by atoms with Gasteiger partial charge in [0.15, 0.2) is 17.9 Å². The van der Waals surface area contributed by atoms with Crippen molar-refractivity contribution in [2.75, 3.05) is 23.7 Å². The molecule has 4 bridgehead atoms. The van der Waals surface area contributed by atoms with Gasteiger partial charge in [-0.05, 0) is 48.9 Å². The molecule has 2 N–H and O–H groups in total. The number of rotatable bonds is 4. The highest BCUT2D eigenvalue weighted by molar-refractivity contribution is 5.89. The zero-order valence-electron chi connectivity index (χ0n) is 26.9. The van der Waals surface area contributed by atoms with Gasteiger partial charge in [0.2, 0.25) is 11.0 Å². The summed E-state index contributed by atoms with van der Waals surface area (Å²) in [5.74, 6) is 0. The van der Waals surface area contributed by atoms with Gasteiger partial charge >= 0.3 is 0 Å². The van der Waals surface area contributed by atoms with Crippen molar-refractivity contribution in [3.8, 4) is 0 Å². The van der Waals surface area contributed by atoms with Gasteiger partial charge in [-0.25, -0.2) is 0 Å². The van der Waals surface area contributed by atoms with E-state index in [1.54, 1.807) is 0 Å². The van der Waals surface area contributed by atoms with Crippen molar-refractivity contribution in [1.29, 1.82) is 0 Å². The highest BCUT2D eigenvalue weighted by Crippen LogP contribution is 2.32. The molecule has 0 aliphatic carbocycles. The molecule has 0 radical (unpaired) electrons. The topological polar surface area (TPSA) is 31.8 Å². The molecule has 46 heavy (non-hydrogen) atoms. The predicted molar refractivity (Wildman–Crippen MR) is 191 cm³/mol. The molecule has 2 aliphatic heterocycles. The van der Waals surface area contributed by atoms with Crippen LogP contribution in [0, 0.1) is 0 Å². The van der Waals surface area contributed by atoms with Crippen molar-refractivity contribution in [3.05, 3.63) is 145 Å². The Morgan fingerprint density at radius 3 is 1.70 bits per heavy atom. The Bertz CT molecular complexity index is 1840. The molecule has 0 saturated heterocycles. The summed E-state index contributed by atoms with van der Waals surface area (Å²) in [6.45, 7) is 2.97. The molecule has 4 heteroatoms. The van der Waals surface area contributed by atoms with E-state index in [0.717, 1.165) is 64.6 Å². The molecule has 0 saturated carbocycles. The first-order chi connectivity index (χ1) is 22.8. The average Bonchev–Trinajstić information content (AvgIpc) is 3.10. The van der Waals surface area contributed by atoms with Crippen molar-refractivity contribution in [1.82, 2.24) is 0 Å². The molecule has 6 aromatic rings. The van der Waals surface area contributed by atoms with Gasteiger partial charge in [-0.2, -0.15) is 9.13 Å². The van der Waals surface area contributed by atoms with E-state index in [1.807, 2.05) is 0 Å². The van der Waals surface area contributed by atoms with Gasteiger partial charge in [0.25, 0.3) is 0 Å². The number of para-hydroxylation sites is 2. The monoisotopic (exact) mass is 606 g/mol. The summed E-state index contributed by atoms with van der Waals surface area (Å²) >= 11 is 0. The number of aryl methyl sites for hydroxylation is 1. The minimum Gasteiger partial charge on any atom is -0.384 e. The predicted octanol–water partition coefficient (Wildman–Crippen LogP) is 8.63. The van der Waals surface area contributed by atoms with Crippen LogP contribution >= 0.6 is 0 Å². The van der Waals surface area contributed by atoms with Gasteiger partial charge in [0.1, 0.15) is 6.54 Å². The average molecular weight is 607 g/mol. The number of nitrogens with zero attached hydrogens (tertiary/aromatic N) is 2. The van der Waals surface area contributed by atoms with Crippen molar-refractivity contribution < 1.29 is 9.13 Å². The molecule has 2 aromatic heterocycles. The number of aromatic nitrogens is 2. The first kappa shape index (κ1) is 30.0. The number of fused-ring (bicyclic) bond motifs is 12. The molecule has 0 spiro atoms. The van der Waals surface area contributed by atoms with Gasteiger partial charge in [-0.3, -0.25) is 0 Å².